The predicted octanol–water partition coefficient (Wildman–Crippen LogP) is -1.04. The molecule has 0 aliphatic rings. The fourth-order valence-electron chi connectivity index (χ4n) is 0.614. The van der Waals surface area contributed by atoms with E-state index in [1.165, 1.54) is 6.92 Å². The van der Waals surface area contributed by atoms with Crippen LogP contribution in [0.5, 0.6) is 0 Å². The van der Waals surface area contributed by atoms with Crippen molar-refractivity contribution in [1.29, 1.82) is 0 Å². The molecule has 0 saturated carbocycles. The maximum atomic E-state index is 10.3. The summed E-state index contributed by atoms with van der Waals surface area (Å²) in [6.07, 6.45) is 0. The van der Waals surface area contributed by atoms with Crippen molar-refractivity contribution in [2.75, 3.05) is 19.7 Å². The number of hydrogen-bond donors (Lipinski definition) is 4. The first-order valence-electron chi connectivity index (χ1n) is 3.84. The molecule has 0 aromatic rings. The van der Waals surface area contributed by atoms with Gasteiger partial charge < -0.3 is 20.6 Å². The summed E-state index contributed by atoms with van der Waals surface area (Å²) in [5.41, 5.74) is -1.20. The molecular weight excluding hydrogens is 174 g/mol. The summed E-state index contributed by atoms with van der Waals surface area (Å²) in [6, 6.07) is 0. The second kappa shape index (κ2) is 4.96. The maximum absolute atomic E-state index is 10.3. The van der Waals surface area contributed by atoms with Crippen molar-refractivity contribution in [2.24, 2.45) is 0 Å². The molecule has 5 heteroatoms. The Morgan fingerprint density at radius 2 is 2.15 bits per heavy atom. The van der Waals surface area contributed by atoms with Crippen LogP contribution in [-0.4, -0.2) is 46.6 Å². The van der Waals surface area contributed by atoms with Crippen LogP contribution >= 0.6 is 0 Å². The molecule has 0 aromatic heterocycles. The summed E-state index contributed by atoms with van der Waals surface area (Å²) in [4.78, 5) is 10.3. The van der Waals surface area contributed by atoms with Gasteiger partial charge in [-0.05, 0) is 6.92 Å². The molecule has 0 rings (SSSR count). The highest BCUT2D eigenvalue weighted by atomic mass is 16.4. The van der Waals surface area contributed by atoms with Crippen molar-refractivity contribution in [3.05, 3.63) is 12.2 Å². The first kappa shape index (κ1) is 12.1. The molecule has 13 heavy (non-hydrogen) atoms. The normalized spacial score (nSPS) is 15.0. The van der Waals surface area contributed by atoms with Gasteiger partial charge in [0.05, 0.1) is 12.2 Å². The number of rotatable bonds is 6. The molecule has 0 heterocycles. The zero-order chi connectivity index (χ0) is 10.5. The summed E-state index contributed by atoms with van der Waals surface area (Å²) < 4.78 is 0. The van der Waals surface area contributed by atoms with Gasteiger partial charge in [-0.1, -0.05) is 6.58 Å². The molecule has 0 aliphatic carbocycles. The molecule has 0 aromatic carbocycles. The topological polar surface area (TPSA) is 89.8 Å². The van der Waals surface area contributed by atoms with Crippen LogP contribution < -0.4 is 5.32 Å². The molecule has 5 nitrogen and oxygen atoms in total. The van der Waals surface area contributed by atoms with E-state index in [1.54, 1.807) is 0 Å². The second-order valence-electron chi connectivity index (χ2n) is 3.17. The van der Waals surface area contributed by atoms with Crippen LogP contribution in [-0.2, 0) is 4.79 Å². The van der Waals surface area contributed by atoms with Crippen molar-refractivity contribution in [3.63, 3.8) is 0 Å². The highest BCUT2D eigenvalue weighted by Crippen LogP contribution is 1.98. The largest absolute Gasteiger partial charge is 0.478 e. The maximum Gasteiger partial charge on any atom is 0.332 e. The van der Waals surface area contributed by atoms with Crippen molar-refractivity contribution in [1.82, 2.24) is 5.32 Å². The van der Waals surface area contributed by atoms with Gasteiger partial charge in [-0.25, -0.2) is 4.79 Å². The Morgan fingerprint density at radius 1 is 1.62 bits per heavy atom. The van der Waals surface area contributed by atoms with Gasteiger partial charge in [-0.3, -0.25) is 0 Å². The molecule has 4 N–H and O–H groups in total. The smallest absolute Gasteiger partial charge is 0.332 e. The molecule has 0 fully saturated rings. The SMILES string of the molecule is C=C(CNCC(C)(O)CO)C(=O)O. The van der Waals surface area contributed by atoms with Gasteiger partial charge in [0, 0.05) is 18.7 Å². The highest BCUT2D eigenvalue weighted by molar-refractivity contribution is 5.86. The van der Waals surface area contributed by atoms with Crippen LogP contribution in [0.2, 0.25) is 0 Å². The number of aliphatic hydroxyl groups is 2. The Bertz CT molecular complexity index is 200. The zero-order valence-electron chi connectivity index (χ0n) is 7.58. The number of hydrogen-bond acceptors (Lipinski definition) is 4. The Morgan fingerprint density at radius 3 is 2.54 bits per heavy atom. The van der Waals surface area contributed by atoms with Crippen LogP contribution in [0.25, 0.3) is 0 Å². The number of aliphatic carboxylic acids is 1. The molecule has 0 radical (unpaired) electrons. The van der Waals surface area contributed by atoms with Crippen LogP contribution in [0.15, 0.2) is 12.2 Å². The summed E-state index contributed by atoms with van der Waals surface area (Å²) >= 11 is 0. The number of nitrogens with one attached hydrogen (secondary N) is 1. The predicted molar refractivity (Wildman–Crippen MR) is 47.4 cm³/mol. The van der Waals surface area contributed by atoms with Gasteiger partial charge in [0.15, 0.2) is 0 Å². The lowest BCUT2D eigenvalue weighted by Gasteiger charge is -2.20. The first-order chi connectivity index (χ1) is 5.89. The zero-order valence-corrected chi connectivity index (χ0v) is 7.58. The number of carboxylic acid groups (broad SMARTS) is 1. The quantitative estimate of drug-likeness (QED) is 0.401. The van der Waals surface area contributed by atoms with Crippen molar-refractivity contribution >= 4 is 5.97 Å². The monoisotopic (exact) mass is 189 g/mol. The first-order valence-corrected chi connectivity index (χ1v) is 3.84. The number of carbonyl (C=O) groups is 1. The van der Waals surface area contributed by atoms with Crippen LogP contribution in [0.3, 0.4) is 0 Å². The van der Waals surface area contributed by atoms with Crippen LogP contribution in [0.4, 0.5) is 0 Å². The summed E-state index contributed by atoms with van der Waals surface area (Å²) in [7, 11) is 0. The van der Waals surface area contributed by atoms with E-state index in [4.69, 9.17) is 10.2 Å². The van der Waals surface area contributed by atoms with Gasteiger partial charge in [0.1, 0.15) is 0 Å². The fraction of sp³-hybridized carbons (Fsp3) is 0.625. The third-order valence-corrected chi connectivity index (χ3v) is 1.49. The van der Waals surface area contributed by atoms with Gasteiger partial charge in [0.25, 0.3) is 0 Å². The minimum absolute atomic E-state index is 0.0220. The minimum Gasteiger partial charge on any atom is -0.478 e. The third-order valence-electron chi connectivity index (χ3n) is 1.49. The lowest BCUT2D eigenvalue weighted by Crippen LogP contribution is -2.41. The van der Waals surface area contributed by atoms with Crippen LogP contribution in [0.1, 0.15) is 6.92 Å². The molecule has 0 bridgehead atoms. The van der Waals surface area contributed by atoms with Gasteiger partial charge in [-0.2, -0.15) is 0 Å². The lowest BCUT2D eigenvalue weighted by atomic mass is 10.1. The molecule has 0 saturated heterocycles. The Balaban J connectivity index is 3.68. The fourth-order valence-corrected chi connectivity index (χ4v) is 0.614. The third kappa shape index (κ3) is 5.35. The lowest BCUT2D eigenvalue weighted by molar-refractivity contribution is -0.132. The summed E-state index contributed by atoms with van der Waals surface area (Å²) in [5.74, 6) is -1.07. The molecular formula is C8H15NO4. The molecule has 0 aliphatic heterocycles. The Kier molecular flexibility index (Phi) is 4.61. The Labute approximate surface area is 76.7 Å². The summed E-state index contributed by atoms with van der Waals surface area (Å²) in [6.45, 7) is 4.58. The number of carboxylic acids is 1. The Hall–Kier alpha value is -0.910. The van der Waals surface area contributed by atoms with E-state index in [2.05, 4.69) is 11.9 Å². The van der Waals surface area contributed by atoms with Crippen molar-refractivity contribution in [2.45, 2.75) is 12.5 Å². The molecule has 1 unspecified atom stereocenters. The molecule has 0 amide bonds. The van der Waals surface area contributed by atoms with E-state index in [1.807, 2.05) is 0 Å². The number of aliphatic hydroxyl groups excluding tert-OH is 1. The van der Waals surface area contributed by atoms with E-state index >= 15 is 0 Å². The van der Waals surface area contributed by atoms with Crippen molar-refractivity contribution < 1.29 is 20.1 Å². The van der Waals surface area contributed by atoms with E-state index in [-0.39, 0.29) is 25.3 Å². The van der Waals surface area contributed by atoms with Crippen LogP contribution in [0, 0.1) is 0 Å². The molecule has 1 atom stereocenters. The van der Waals surface area contributed by atoms with Gasteiger partial charge in [-0.15, -0.1) is 0 Å². The summed E-state index contributed by atoms with van der Waals surface area (Å²) in [5, 5.41) is 29.0. The molecule has 76 valence electrons. The van der Waals surface area contributed by atoms with Gasteiger partial charge >= 0.3 is 5.97 Å². The van der Waals surface area contributed by atoms with Gasteiger partial charge in [0.2, 0.25) is 0 Å². The second-order valence-corrected chi connectivity index (χ2v) is 3.17. The average Bonchev–Trinajstić information content (AvgIpc) is 2.04. The standard InChI is InChI=1S/C8H15NO4/c1-6(7(11)12)3-9-4-8(2,13)5-10/h9-10,13H,1,3-5H2,2H3,(H,11,12). The van der Waals surface area contributed by atoms with E-state index in [0.717, 1.165) is 0 Å². The van der Waals surface area contributed by atoms with E-state index in [9.17, 15) is 9.90 Å². The molecule has 0 spiro atoms. The highest BCUT2D eigenvalue weighted by Gasteiger charge is 2.18. The van der Waals surface area contributed by atoms with Crippen molar-refractivity contribution in [3.8, 4) is 0 Å². The van der Waals surface area contributed by atoms with E-state index in [0.29, 0.717) is 0 Å². The average molecular weight is 189 g/mol. The minimum atomic E-state index is -1.22. The van der Waals surface area contributed by atoms with E-state index < -0.39 is 11.6 Å².